The van der Waals surface area contributed by atoms with E-state index in [4.69, 9.17) is 4.98 Å². The molecule has 1 aromatic heterocycles. The quantitative estimate of drug-likeness (QED) is 0.846. The van der Waals surface area contributed by atoms with Crippen LogP contribution >= 0.6 is 0 Å². The molecular weight excluding hydrogens is 238 g/mol. The van der Waals surface area contributed by atoms with Gasteiger partial charge in [0, 0.05) is 20.5 Å². The number of imidazole rings is 1. The third-order valence-electron chi connectivity index (χ3n) is 3.58. The zero-order chi connectivity index (χ0) is 14.0. The van der Waals surface area contributed by atoms with Crippen LogP contribution in [0.3, 0.4) is 0 Å². The highest BCUT2D eigenvalue weighted by Gasteiger charge is 2.21. The van der Waals surface area contributed by atoms with E-state index < -0.39 is 0 Å². The topological polar surface area (TPSA) is 38.1 Å². The van der Waals surface area contributed by atoms with Gasteiger partial charge in [-0.05, 0) is 25.5 Å². The van der Waals surface area contributed by atoms with Crippen molar-refractivity contribution in [1.29, 1.82) is 0 Å². The summed E-state index contributed by atoms with van der Waals surface area (Å²) in [5.74, 6) is 1.02. The molecule has 0 saturated carbocycles. The number of aromatic nitrogens is 2. The number of carbonyl (C=O) groups is 1. The fourth-order valence-electron chi connectivity index (χ4n) is 2.32. The second-order valence-corrected chi connectivity index (χ2v) is 4.92. The Bertz CT molecular complexity index is 588. The SMILES string of the molecule is CCCn1c(C(C)N(C)C(C)=O)nc2ccccc21. The molecule has 0 N–H and O–H groups in total. The lowest BCUT2D eigenvalue weighted by Gasteiger charge is -2.24. The summed E-state index contributed by atoms with van der Waals surface area (Å²) >= 11 is 0. The van der Waals surface area contributed by atoms with Crippen molar-refractivity contribution in [2.75, 3.05) is 7.05 Å². The Kier molecular flexibility index (Phi) is 3.88. The fourth-order valence-corrected chi connectivity index (χ4v) is 2.32. The maximum atomic E-state index is 11.5. The zero-order valence-corrected chi connectivity index (χ0v) is 12.1. The normalized spacial score (nSPS) is 12.6. The summed E-state index contributed by atoms with van der Waals surface area (Å²) in [6.45, 7) is 6.68. The van der Waals surface area contributed by atoms with E-state index in [1.165, 1.54) is 0 Å². The van der Waals surface area contributed by atoms with E-state index in [9.17, 15) is 4.79 Å². The Morgan fingerprint density at radius 2 is 2.11 bits per heavy atom. The zero-order valence-electron chi connectivity index (χ0n) is 12.1. The largest absolute Gasteiger partial charge is 0.336 e. The molecule has 2 aromatic rings. The predicted octanol–water partition coefficient (Wildman–Crippen LogP) is 2.99. The number of benzene rings is 1. The lowest BCUT2D eigenvalue weighted by atomic mass is 10.2. The summed E-state index contributed by atoms with van der Waals surface area (Å²) in [5, 5.41) is 0. The highest BCUT2D eigenvalue weighted by atomic mass is 16.2. The molecule has 19 heavy (non-hydrogen) atoms. The average Bonchev–Trinajstić information content (AvgIpc) is 2.76. The molecule has 1 unspecified atom stereocenters. The summed E-state index contributed by atoms with van der Waals surface area (Å²) < 4.78 is 2.22. The molecule has 0 radical (unpaired) electrons. The molecule has 4 nitrogen and oxygen atoms in total. The summed E-state index contributed by atoms with van der Waals surface area (Å²) in [7, 11) is 1.82. The second-order valence-electron chi connectivity index (χ2n) is 4.92. The number of hydrogen-bond acceptors (Lipinski definition) is 2. The molecule has 1 aromatic carbocycles. The first kappa shape index (κ1) is 13.6. The van der Waals surface area contributed by atoms with Gasteiger partial charge >= 0.3 is 0 Å². The van der Waals surface area contributed by atoms with Gasteiger partial charge < -0.3 is 9.47 Å². The third-order valence-corrected chi connectivity index (χ3v) is 3.58. The van der Waals surface area contributed by atoms with Gasteiger partial charge in [-0.3, -0.25) is 4.79 Å². The molecule has 1 heterocycles. The Morgan fingerprint density at radius 3 is 2.74 bits per heavy atom. The number of para-hydroxylation sites is 2. The Balaban J connectivity index is 2.52. The molecule has 0 aliphatic carbocycles. The first-order valence-corrected chi connectivity index (χ1v) is 6.74. The van der Waals surface area contributed by atoms with Crippen LogP contribution in [0.15, 0.2) is 24.3 Å². The molecular formula is C15H21N3O. The Hall–Kier alpha value is -1.84. The molecule has 1 amide bonds. The van der Waals surface area contributed by atoms with Gasteiger partial charge in [0.1, 0.15) is 5.82 Å². The van der Waals surface area contributed by atoms with E-state index in [1.54, 1.807) is 11.8 Å². The molecule has 0 saturated heterocycles. The van der Waals surface area contributed by atoms with E-state index in [1.807, 2.05) is 32.2 Å². The monoisotopic (exact) mass is 259 g/mol. The maximum absolute atomic E-state index is 11.5. The molecule has 4 heteroatoms. The van der Waals surface area contributed by atoms with Gasteiger partial charge in [-0.15, -0.1) is 0 Å². The van der Waals surface area contributed by atoms with Crippen LogP contribution in [0.2, 0.25) is 0 Å². The van der Waals surface area contributed by atoms with Crippen LogP contribution in [0.25, 0.3) is 11.0 Å². The highest BCUT2D eigenvalue weighted by molar-refractivity contribution is 5.77. The second kappa shape index (κ2) is 5.43. The van der Waals surface area contributed by atoms with Crippen molar-refractivity contribution < 1.29 is 4.79 Å². The van der Waals surface area contributed by atoms with E-state index in [0.29, 0.717) is 0 Å². The van der Waals surface area contributed by atoms with Crippen LogP contribution in [0.4, 0.5) is 0 Å². The molecule has 0 spiro atoms. The minimum absolute atomic E-state index is 0.0172. The number of rotatable bonds is 4. The third kappa shape index (κ3) is 2.48. The molecule has 102 valence electrons. The summed E-state index contributed by atoms with van der Waals surface area (Å²) in [6, 6.07) is 8.11. The predicted molar refractivity (Wildman–Crippen MR) is 76.9 cm³/mol. The van der Waals surface area contributed by atoms with Crippen LogP contribution in [0, 0.1) is 0 Å². The summed E-state index contributed by atoms with van der Waals surface area (Å²) in [6.07, 6.45) is 1.05. The standard InChI is InChI=1S/C15H21N3O/c1-5-10-18-14-9-7-6-8-13(14)16-15(18)11(2)17(4)12(3)19/h6-9,11H,5,10H2,1-4H3. The van der Waals surface area contributed by atoms with Gasteiger partial charge in [0.2, 0.25) is 5.91 Å². The van der Waals surface area contributed by atoms with Crippen LogP contribution in [0.5, 0.6) is 0 Å². The van der Waals surface area contributed by atoms with E-state index in [-0.39, 0.29) is 11.9 Å². The van der Waals surface area contributed by atoms with Crippen molar-refractivity contribution in [3.05, 3.63) is 30.1 Å². The van der Waals surface area contributed by atoms with Gasteiger partial charge in [0.05, 0.1) is 17.1 Å². The van der Waals surface area contributed by atoms with Crippen LogP contribution in [-0.2, 0) is 11.3 Å². The van der Waals surface area contributed by atoms with Crippen LogP contribution in [-0.4, -0.2) is 27.4 Å². The number of nitrogens with zero attached hydrogens (tertiary/aromatic N) is 3. The molecule has 0 aliphatic heterocycles. The first-order valence-electron chi connectivity index (χ1n) is 6.74. The van der Waals surface area contributed by atoms with Gasteiger partial charge in [0.25, 0.3) is 0 Å². The van der Waals surface area contributed by atoms with Crippen molar-refractivity contribution >= 4 is 16.9 Å². The van der Waals surface area contributed by atoms with Gasteiger partial charge in [-0.2, -0.15) is 0 Å². The molecule has 0 bridgehead atoms. The first-order chi connectivity index (χ1) is 9.06. The van der Waals surface area contributed by atoms with Crippen LogP contribution < -0.4 is 0 Å². The Labute approximate surface area is 114 Å². The number of hydrogen-bond donors (Lipinski definition) is 0. The van der Waals surface area contributed by atoms with Gasteiger partial charge in [0.15, 0.2) is 0 Å². The van der Waals surface area contributed by atoms with Crippen molar-refractivity contribution in [3.63, 3.8) is 0 Å². The van der Waals surface area contributed by atoms with Crippen LogP contribution in [0.1, 0.15) is 39.1 Å². The van der Waals surface area contributed by atoms with E-state index >= 15 is 0 Å². The maximum Gasteiger partial charge on any atom is 0.219 e. The lowest BCUT2D eigenvalue weighted by Crippen LogP contribution is -2.29. The number of fused-ring (bicyclic) bond motifs is 1. The van der Waals surface area contributed by atoms with E-state index in [0.717, 1.165) is 29.8 Å². The number of carbonyl (C=O) groups excluding carboxylic acids is 1. The lowest BCUT2D eigenvalue weighted by molar-refractivity contribution is -0.129. The summed E-state index contributed by atoms with van der Waals surface area (Å²) in [4.78, 5) is 18.0. The molecule has 0 fully saturated rings. The smallest absolute Gasteiger partial charge is 0.219 e. The fraction of sp³-hybridized carbons (Fsp3) is 0.467. The average molecular weight is 259 g/mol. The number of amides is 1. The van der Waals surface area contributed by atoms with Gasteiger partial charge in [-0.1, -0.05) is 19.1 Å². The minimum Gasteiger partial charge on any atom is -0.336 e. The van der Waals surface area contributed by atoms with Crippen molar-refractivity contribution in [2.45, 2.75) is 39.8 Å². The van der Waals surface area contributed by atoms with Crippen molar-refractivity contribution in [3.8, 4) is 0 Å². The van der Waals surface area contributed by atoms with Gasteiger partial charge in [-0.25, -0.2) is 4.98 Å². The minimum atomic E-state index is -0.0172. The van der Waals surface area contributed by atoms with Crippen molar-refractivity contribution in [2.24, 2.45) is 0 Å². The molecule has 2 rings (SSSR count). The van der Waals surface area contributed by atoms with E-state index in [2.05, 4.69) is 17.6 Å². The highest BCUT2D eigenvalue weighted by Crippen LogP contribution is 2.24. The summed E-state index contributed by atoms with van der Waals surface area (Å²) in [5.41, 5.74) is 2.14. The number of aryl methyl sites for hydroxylation is 1. The molecule has 1 atom stereocenters. The molecule has 0 aliphatic rings. The van der Waals surface area contributed by atoms with Crippen molar-refractivity contribution in [1.82, 2.24) is 14.5 Å². The Morgan fingerprint density at radius 1 is 1.42 bits per heavy atom.